The van der Waals surface area contributed by atoms with E-state index in [2.05, 4.69) is 42.5 Å². The number of hydrogen-bond acceptors (Lipinski definition) is 5. The summed E-state index contributed by atoms with van der Waals surface area (Å²) in [6.45, 7) is 0. The van der Waals surface area contributed by atoms with Gasteiger partial charge in [-0.1, -0.05) is 15.9 Å². The van der Waals surface area contributed by atoms with Crippen LogP contribution in [-0.2, 0) is 0 Å². The van der Waals surface area contributed by atoms with E-state index in [9.17, 15) is 9.59 Å². The Kier molecular flexibility index (Phi) is 5.93. The molecule has 2 N–H and O–H groups in total. The molecule has 0 spiro atoms. The predicted molar refractivity (Wildman–Crippen MR) is 115 cm³/mol. The molecular formula is C18H12Br2N2O4S. The first-order valence-electron chi connectivity index (χ1n) is 7.56. The molecule has 1 heterocycles. The van der Waals surface area contributed by atoms with Crippen molar-refractivity contribution in [1.29, 1.82) is 0 Å². The molecule has 1 aromatic heterocycles. The number of carbonyl (C=O) groups excluding carboxylic acids is 1. The molecule has 0 saturated carbocycles. The van der Waals surface area contributed by atoms with Gasteiger partial charge >= 0.3 is 5.63 Å². The Labute approximate surface area is 176 Å². The third-order valence-electron chi connectivity index (χ3n) is 3.56. The number of anilines is 1. The summed E-state index contributed by atoms with van der Waals surface area (Å²) in [5.74, 6) is -0.0163. The van der Waals surface area contributed by atoms with Crippen molar-refractivity contribution in [2.24, 2.45) is 0 Å². The Bertz CT molecular complexity index is 1110. The molecule has 138 valence electrons. The number of ether oxygens (including phenoxy) is 1. The maximum absolute atomic E-state index is 12.6. The maximum atomic E-state index is 12.6. The lowest BCUT2D eigenvalue weighted by Crippen LogP contribution is -2.34. The summed E-state index contributed by atoms with van der Waals surface area (Å²) < 4.78 is 11.7. The molecule has 0 radical (unpaired) electrons. The molecule has 0 saturated heterocycles. The number of hydrogen-bond donors (Lipinski definition) is 2. The molecule has 0 aliphatic rings. The van der Waals surface area contributed by atoms with E-state index in [1.165, 1.54) is 13.2 Å². The zero-order valence-corrected chi connectivity index (χ0v) is 17.8. The minimum absolute atomic E-state index is 0.120. The van der Waals surface area contributed by atoms with Crippen LogP contribution in [-0.4, -0.2) is 18.1 Å². The van der Waals surface area contributed by atoms with Crippen LogP contribution in [0.3, 0.4) is 0 Å². The lowest BCUT2D eigenvalue weighted by atomic mass is 10.2. The first-order valence-corrected chi connectivity index (χ1v) is 9.56. The van der Waals surface area contributed by atoms with Crippen LogP contribution < -0.4 is 21.0 Å². The minimum Gasteiger partial charge on any atom is -0.495 e. The van der Waals surface area contributed by atoms with Crippen molar-refractivity contribution in [2.75, 3.05) is 12.4 Å². The highest BCUT2D eigenvalue weighted by molar-refractivity contribution is 9.11. The summed E-state index contributed by atoms with van der Waals surface area (Å²) in [7, 11) is 1.48. The van der Waals surface area contributed by atoms with E-state index in [4.69, 9.17) is 21.4 Å². The average molecular weight is 512 g/mol. The Morgan fingerprint density at radius 3 is 2.67 bits per heavy atom. The third kappa shape index (κ3) is 4.55. The zero-order valence-electron chi connectivity index (χ0n) is 13.8. The van der Waals surface area contributed by atoms with Crippen LogP contribution in [0.25, 0.3) is 11.0 Å². The Hall–Kier alpha value is -2.23. The Morgan fingerprint density at radius 2 is 1.93 bits per heavy atom. The highest BCUT2D eigenvalue weighted by atomic mass is 79.9. The van der Waals surface area contributed by atoms with E-state index in [1.807, 2.05) is 0 Å². The summed E-state index contributed by atoms with van der Waals surface area (Å²) in [6.07, 6.45) is 0. The average Bonchev–Trinajstić information content (AvgIpc) is 2.61. The highest BCUT2D eigenvalue weighted by Gasteiger charge is 2.17. The van der Waals surface area contributed by atoms with E-state index in [-0.39, 0.29) is 5.11 Å². The third-order valence-corrected chi connectivity index (χ3v) is 4.81. The second kappa shape index (κ2) is 8.20. The van der Waals surface area contributed by atoms with E-state index in [0.29, 0.717) is 27.1 Å². The van der Waals surface area contributed by atoms with Gasteiger partial charge in [0.05, 0.1) is 17.1 Å². The van der Waals surface area contributed by atoms with Crippen molar-refractivity contribution < 1.29 is 13.9 Å². The standard InChI is InChI=1S/C18H12Br2N2O4S/c1-25-16-12(7-10(19)8-13(16)20)17(24)22-18(27)21-11-3-4-14-9(6-11)2-5-15(23)26-14/h2-8H,1H3,(H2,21,22,24,27). The lowest BCUT2D eigenvalue weighted by molar-refractivity contribution is 0.0974. The number of fused-ring (bicyclic) bond motifs is 1. The van der Waals surface area contributed by atoms with Gasteiger partial charge in [-0.2, -0.15) is 0 Å². The molecule has 27 heavy (non-hydrogen) atoms. The summed E-state index contributed by atoms with van der Waals surface area (Å²) in [5, 5.41) is 6.40. The van der Waals surface area contributed by atoms with E-state index in [0.717, 1.165) is 9.86 Å². The van der Waals surface area contributed by atoms with Crippen molar-refractivity contribution in [2.45, 2.75) is 0 Å². The van der Waals surface area contributed by atoms with Gasteiger partial charge in [-0.15, -0.1) is 0 Å². The number of amides is 1. The molecule has 0 aliphatic heterocycles. The van der Waals surface area contributed by atoms with Crippen LogP contribution in [0.4, 0.5) is 5.69 Å². The van der Waals surface area contributed by atoms with Crippen molar-refractivity contribution in [3.8, 4) is 5.75 Å². The van der Waals surface area contributed by atoms with Crippen molar-refractivity contribution in [1.82, 2.24) is 5.32 Å². The van der Waals surface area contributed by atoms with E-state index < -0.39 is 11.5 Å². The molecule has 2 aromatic carbocycles. The van der Waals surface area contributed by atoms with E-state index >= 15 is 0 Å². The molecule has 0 fully saturated rings. The van der Waals surface area contributed by atoms with Gasteiger partial charge in [0.2, 0.25) is 0 Å². The fraction of sp³-hybridized carbons (Fsp3) is 0.0556. The van der Waals surface area contributed by atoms with Crippen LogP contribution in [0.5, 0.6) is 5.75 Å². The van der Waals surface area contributed by atoms with Gasteiger partial charge < -0.3 is 14.5 Å². The number of carbonyl (C=O) groups is 1. The minimum atomic E-state index is -0.418. The monoisotopic (exact) mass is 510 g/mol. The van der Waals surface area contributed by atoms with E-state index in [1.54, 1.807) is 36.4 Å². The van der Waals surface area contributed by atoms with Gasteiger partial charge in [0.15, 0.2) is 5.11 Å². The SMILES string of the molecule is COc1c(Br)cc(Br)cc1C(=O)NC(=S)Nc1ccc2oc(=O)ccc2c1. The van der Waals surface area contributed by atoms with Crippen LogP contribution in [0.2, 0.25) is 0 Å². The van der Waals surface area contributed by atoms with Gasteiger partial charge in [0.25, 0.3) is 5.91 Å². The largest absolute Gasteiger partial charge is 0.495 e. The number of nitrogens with one attached hydrogen (secondary N) is 2. The number of benzene rings is 2. The molecule has 6 nitrogen and oxygen atoms in total. The fourth-order valence-electron chi connectivity index (χ4n) is 2.42. The quantitative estimate of drug-likeness (QED) is 0.399. The highest BCUT2D eigenvalue weighted by Crippen LogP contribution is 2.32. The normalized spacial score (nSPS) is 10.5. The van der Waals surface area contributed by atoms with Gasteiger partial charge in [-0.25, -0.2) is 4.79 Å². The molecule has 0 bridgehead atoms. The number of halogens is 2. The van der Waals surface area contributed by atoms with Gasteiger partial charge in [0.1, 0.15) is 11.3 Å². The molecule has 0 unspecified atom stereocenters. The first-order chi connectivity index (χ1) is 12.9. The smallest absolute Gasteiger partial charge is 0.336 e. The van der Waals surface area contributed by atoms with Crippen LogP contribution in [0, 0.1) is 0 Å². The van der Waals surface area contributed by atoms with Crippen molar-refractivity contribution in [3.05, 3.63) is 67.4 Å². The summed E-state index contributed by atoms with van der Waals surface area (Å²) in [6, 6.07) is 11.5. The number of thiocarbonyl (C=S) groups is 1. The Balaban J connectivity index is 1.77. The summed E-state index contributed by atoms with van der Waals surface area (Å²) in [5.41, 5.74) is 1.01. The second-order valence-electron chi connectivity index (χ2n) is 5.38. The topological polar surface area (TPSA) is 80.6 Å². The number of rotatable bonds is 3. The second-order valence-corrected chi connectivity index (χ2v) is 7.56. The van der Waals surface area contributed by atoms with Gasteiger partial charge in [-0.05, 0) is 64.5 Å². The zero-order chi connectivity index (χ0) is 19.6. The molecule has 0 atom stereocenters. The van der Waals surface area contributed by atoms with Crippen molar-refractivity contribution >= 4 is 71.8 Å². The van der Waals surface area contributed by atoms with Crippen LogP contribution >= 0.6 is 44.1 Å². The molecule has 3 rings (SSSR count). The van der Waals surface area contributed by atoms with Crippen LogP contribution in [0.15, 0.2) is 60.6 Å². The molecule has 3 aromatic rings. The lowest BCUT2D eigenvalue weighted by Gasteiger charge is -2.13. The van der Waals surface area contributed by atoms with Gasteiger partial charge in [-0.3, -0.25) is 10.1 Å². The Morgan fingerprint density at radius 1 is 1.15 bits per heavy atom. The molecular weight excluding hydrogens is 500 g/mol. The summed E-state index contributed by atoms with van der Waals surface area (Å²) in [4.78, 5) is 23.8. The van der Waals surface area contributed by atoms with Crippen LogP contribution in [0.1, 0.15) is 10.4 Å². The molecule has 0 aliphatic carbocycles. The summed E-state index contributed by atoms with van der Waals surface area (Å²) >= 11 is 11.9. The molecule has 9 heteroatoms. The van der Waals surface area contributed by atoms with Crippen molar-refractivity contribution in [3.63, 3.8) is 0 Å². The molecule has 1 amide bonds. The first kappa shape index (κ1) is 19.5. The fourth-order valence-corrected chi connectivity index (χ4v) is 4.02. The maximum Gasteiger partial charge on any atom is 0.336 e. The predicted octanol–water partition coefficient (Wildman–Crippen LogP) is 4.45. The van der Waals surface area contributed by atoms with Gasteiger partial charge in [0, 0.05) is 21.6 Å². The number of methoxy groups -OCH3 is 1.